The highest BCUT2D eigenvalue weighted by Gasteiger charge is 2.40. The minimum absolute atomic E-state index is 0.0652. The Morgan fingerprint density at radius 2 is 2.07 bits per heavy atom. The lowest BCUT2D eigenvalue weighted by Crippen LogP contribution is -2.30. The Balaban J connectivity index is 1.76. The molecule has 2 nitrogen and oxygen atoms in total. The van der Waals surface area contributed by atoms with Crippen LogP contribution in [-0.2, 0) is 9.47 Å². The lowest BCUT2D eigenvalue weighted by atomic mass is 9.85. The molecule has 2 fully saturated rings. The first-order chi connectivity index (χ1) is 6.73. The van der Waals surface area contributed by atoms with Gasteiger partial charge in [0.25, 0.3) is 0 Å². The third-order valence-corrected chi connectivity index (χ3v) is 3.60. The summed E-state index contributed by atoms with van der Waals surface area (Å²) in [6.45, 7) is 6.10. The molecular weight excluding hydrogens is 176 g/mol. The molecule has 0 N–H and O–H groups in total. The van der Waals surface area contributed by atoms with Crippen LogP contribution in [0.4, 0.5) is 0 Å². The maximum absolute atomic E-state index is 5.99. The summed E-state index contributed by atoms with van der Waals surface area (Å²) in [5.41, 5.74) is 0.0652. The summed E-state index contributed by atoms with van der Waals surface area (Å²) >= 11 is 0. The Morgan fingerprint density at radius 3 is 2.71 bits per heavy atom. The molecule has 1 aliphatic carbocycles. The summed E-state index contributed by atoms with van der Waals surface area (Å²) in [5, 5.41) is 0. The molecule has 3 atom stereocenters. The summed E-state index contributed by atoms with van der Waals surface area (Å²) in [4.78, 5) is 0. The van der Waals surface area contributed by atoms with Crippen molar-refractivity contribution >= 4 is 0 Å². The standard InChI is InChI=1S/C12H22O2/c1-3-10-6-4-5-7-11(10)13-8-12(2)9-14-12/h10-11H,3-9H2,1-2H3. The summed E-state index contributed by atoms with van der Waals surface area (Å²) < 4.78 is 11.3. The molecule has 1 aliphatic heterocycles. The smallest absolute Gasteiger partial charge is 0.112 e. The molecule has 14 heavy (non-hydrogen) atoms. The highest BCUT2D eigenvalue weighted by atomic mass is 16.6. The molecule has 0 aromatic rings. The quantitative estimate of drug-likeness (QED) is 0.648. The summed E-state index contributed by atoms with van der Waals surface area (Å²) in [5.74, 6) is 0.797. The average Bonchev–Trinajstić information content (AvgIpc) is 2.95. The van der Waals surface area contributed by atoms with Crippen LogP contribution in [0.2, 0.25) is 0 Å². The SMILES string of the molecule is CCC1CCCCC1OCC1(C)CO1. The number of epoxide rings is 1. The first-order valence-corrected chi connectivity index (χ1v) is 5.99. The van der Waals surface area contributed by atoms with E-state index in [2.05, 4.69) is 13.8 Å². The second kappa shape index (κ2) is 4.19. The fraction of sp³-hybridized carbons (Fsp3) is 1.00. The van der Waals surface area contributed by atoms with Crippen LogP contribution in [0.3, 0.4) is 0 Å². The van der Waals surface area contributed by atoms with Gasteiger partial charge in [0.15, 0.2) is 0 Å². The zero-order valence-corrected chi connectivity index (χ0v) is 9.42. The van der Waals surface area contributed by atoms with Crippen LogP contribution in [0.15, 0.2) is 0 Å². The first kappa shape index (κ1) is 10.4. The number of hydrogen-bond donors (Lipinski definition) is 0. The monoisotopic (exact) mass is 198 g/mol. The van der Waals surface area contributed by atoms with Gasteiger partial charge < -0.3 is 9.47 Å². The van der Waals surface area contributed by atoms with Crippen LogP contribution in [0.1, 0.15) is 46.0 Å². The van der Waals surface area contributed by atoms with Gasteiger partial charge in [0.2, 0.25) is 0 Å². The second-order valence-electron chi connectivity index (χ2n) is 5.04. The van der Waals surface area contributed by atoms with Gasteiger partial charge in [-0.2, -0.15) is 0 Å². The Bertz CT molecular complexity index is 187. The fourth-order valence-electron chi connectivity index (χ4n) is 2.35. The van der Waals surface area contributed by atoms with E-state index >= 15 is 0 Å². The van der Waals surface area contributed by atoms with Crippen LogP contribution in [0.25, 0.3) is 0 Å². The number of hydrogen-bond acceptors (Lipinski definition) is 2. The summed E-state index contributed by atoms with van der Waals surface area (Å²) in [6.07, 6.45) is 7.13. The zero-order chi connectivity index (χ0) is 10.0. The van der Waals surface area contributed by atoms with Gasteiger partial charge in [-0.3, -0.25) is 0 Å². The van der Waals surface area contributed by atoms with Gasteiger partial charge in [-0.05, 0) is 25.7 Å². The van der Waals surface area contributed by atoms with Crippen LogP contribution < -0.4 is 0 Å². The number of ether oxygens (including phenoxy) is 2. The lowest BCUT2D eigenvalue weighted by Gasteiger charge is -2.31. The van der Waals surface area contributed by atoms with Crippen LogP contribution in [0, 0.1) is 5.92 Å². The van der Waals surface area contributed by atoms with E-state index in [1.165, 1.54) is 32.1 Å². The molecule has 3 unspecified atom stereocenters. The Hall–Kier alpha value is -0.0800. The number of rotatable bonds is 4. The van der Waals surface area contributed by atoms with E-state index in [1.54, 1.807) is 0 Å². The molecule has 0 radical (unpaired) electrons. The van der Waals surface area contributed by atoms with E-state index in [0.717, 1.165) is 19.1 Å². The van der Waals surface area contributed by atoms with Crippen molar-refractivity contribution in [2.75, 3.05) is 13.2 Å². The fourth-order valence-corrected chi connectivity index (χ4v) is 2.35. The van der Waals surface area contributed by atoms with Gasteiger partial charge in [0, 0.05) is 0 Å². The topological polar surface area (TPSA) is 21.8 Å². The predicted molar refractivity (Wildman–Crippen MR) is 56.3 cm³/mol. The summed E-state index contributed by atoms with van der Waals surface area (Å²) in [7, 11) is 0. The molecule has 1 saturated heterocycles. The third-order valence-electron chi connectivity index (χ3n) is 3.60. The molecule has 0 aromatic heterocycles. The molecule has 82 valence electrons. The van der Waals surface area contributed by atoms with E-state index in [9.17, 15) is 0 Å². The van der Waals surface area contributed by atoms with Crippen LogP contribution in [-0.4, -0.2) is 24.9 Å². The van der Waals surface area contributed by atoms with Crippen LogP contribution >= 0.6 is 0 Å². The maximum atomic E-state index is 5.99. The van der Waals surface area contributed by atoms with E-state index in [0.29, 0.717) is 6.10 Å². The van der Waals surface area contributed by atoms with Crippen molar-refractivity contribution in [1.82, 2.24) is 0 Å². The highest BCUT2D eigenvalue weighted by molar-refractivity contribution is 4.87. The zero-order valence-electron chi connectivity index (χ0n) is 9.42. The molecule has 0 bridgehead atoms. The molecule has 0 aromatic carbocycles. The molecular formula is C12H22O2. The molecule has 2 rings (SSSR count). The Kier molecular flexibility index (Phi) is 3.13. The maximum Gasteiger partial charge on any atom is 0.112 e. The van der Waals surface area contributed by atoms with Crippen molar-refractivity contribution in [3.8, 4) is 0 Å². The second-order valence-corrected chi connectivity index (χ2v) is 5.04. The van der Waals surface area contributed by atoms with Crippen molar-refractivity contribution in [2.24, 2.45) is 5.92 Å². The molecule has 0 spiro atoms. The minimum Gasteiger partial charge on any atom is -0.375 e. The summed E-state index contributed by atoms with van der Waals surface area (Å²) in [6, 6.07) is 0. The van der Waals surface area contributed by atoms with Gasteiger partial charge in [-0.15, -0.1) is 0 Å². The molecule has 2 aliphatic rings. The van der Waals surface area contributed by atoms with Gasteiger partial charge >= 0.3 is 0 Å². The molecule has 1 saturated carbocycles. The van der Waals surface area contributed by atoms with Crippen LogP contribution in [0.5, 0.6) is 0 Å². The van der Waals surface area contributed by atoms with E-state index in [4.69, 9.17) is 9.47 Å². The molecule has 1 heterocycles. The lowest BCUT2D eigenvalue weighted by molar-refractivity contribution is -0.0317. The van der Waals surface area contributed by atoms with E-state index in [-0.39, 0.29) is 5.60 Å². The molecule has 2 heteroatoms. The van der Waals surface area contributed by atoms with E-state index in [1.807, 2.05) is 0 Å². The van der Waals surface area contributed by atoms with Crippen molar-refractivity contribution in [3.05, 3.63) is 0 Å². The Labute approximate surface area is 87.0 Å². The van der Waals surface area contributed by atoms with Crippen molar-refractivity contribution < 1.29 is 9.47 Å². The van der Waals surface area contributed by atoms with Gasteiger partial charge in [-0.25, -0.2) is 0 Å². The van der Waals surface area contributed by atoms with Gasteiger partial charge in [0.05, 0.1) is 19.3 Å². The normalized spacial score (nSPS) is 42.4. The predicted octanol–water partition coefficient (Wildman–Crippen LogP) is 2.76. The largest absolute Gasteiger partial charge is 0.375 e. The average molecular weight is 198 g/mol. The third kappa shape index (κ3) is 2.48. The minimum atomic E-state index is 0.0652. The van der Waals surface area contributed by atoms with Gasteiger partial charge in [0.1, 0.15) is 5.60 Å². The van der Waals surface area contributed by atoms with Crippen molar-refractivity contribution in [1.29, 1.82) is 0 Å². The molecule has 0 amide bonds. The van der Waals surface area contributed by atoms with Gasteiger partial charge in [-0.1, -0.05) is 26.2 Å². The van der Waals surface area contributed by atoms with Crippen molar-refractivity contribution in [3.63, 3.8) is 0 Å². The van der Waals surface area contributed by atoms with Crippen molar-refractivity contribution in [2.45, 2.75) is 57.7 Å². The first-order valence-electron chi connectivity index (χ1n) is 5.99. The highest BCUT2D eigenvalue weighted by Crippen LogP contribution is 2.32. The Morgan fingerprint density at radius 1 is 1.36 bits per heavy atom. The van der Waals surface area contributed by atoms with E-state index < -0.39 is 0 Å².